The highest BCUT2D eigenvalue weighted by Crippen LogP contribution is 2.26. The van der Waals surface area contributed by atoms with Crippen molar-refractivity contribution in [2.45, 2.75) is 69.3 Å². The zero-order valence-corrected chi connectivity index (χ0v) is 29.2. The number of unbranched alkanes of at least 4 members (excludes halogenated alkanes) is 1. The van der Waals surface area contributed by atoms with Crippen LogP contribution < -0.4 is 5.32 Å². The maximum absolute atomic E-state index is 13.8. The second kappa shape index (κ2) is 20.4. The molecule has 1 aliphatic rings. The van der Waals surface area contributed by atoms with Crippen LogP contribution in [0, 0.1) is 11.8 Å². The minimum absolute atomic E-state index is 0.0113. The van der Waals surface area contributed by atoms with E-state index in [1.807, 2.05) is 78.9 Å². The first kappa shape index (κ1) is 37.7. The molecule has 4 unspecified atom stereocenters. The number of rotatable bonds is 20. The Hall–Kier alpha value is -4.14. The molecule has 3 aromatic carbocycles. The summed E-state index contributed by atoms with van der Waals surface area (Å²) in [6, 6.07) is 27.2. The highest BCUT2D eigenvalue weighted by molar-refractivity contribution is 7.98. The van der Waals surface area contributed by atoms with Gasteiger partial charge in [0.05, 0.1) is 30.5 Å². The van der Waals surface area contributed by atoms with E-state index >= 15 is 0 Å². The fourth-order valence-electron chi connectivity index (χ4n) is 6.21. The molecule has 0 saturated heterocycles. The van der Waals surface area contributed by atoms with Crippen molar-refractivity contribution < 1.29 is 24.2 Å². The van der Waals surface area contributed by atoms with Crippen LogP contribution in [0.5, 0.6) is 0 Å². The summed E-state index contributed by atoms with van der Waals surface area (Å²) in [4.78, 5) is 42.6. The van der Waals surface area contributed by atoms with Gasteiger partial charge in [-0.15, -0.1) is 13.2 Å². The summed E-state index contributed by atoms with van der Waals surface area (Å²) in [6.07, 6.45) is 7.30. The maximum Gasteiger partial charge on any atom is 0.309 e. The van der Waals surface area contributed by atoms with Gasteiger partial charge in [0.2, 0.25) is 11.8 Å². The molecule has 260 valence electrons. The fraction of sp³-hybridized carbons (Fsp3) is 0.390. The number of esters is 1. The molecule has 3 aromatic rings. The number of thioether (sulfide) groups is 1. The number of nitrogens with one attached hydrogen (secondary N) is 1. The molecule has 0 bridgehead atoms. The summed E-state index contributed by atoms with van der Waals surface area (Å²) in [5.74, 6) is -0.428. The minimum atomic E-state index is -0.649. The molecule has 8 heteroatoms. The number of nitrogens with zero attached hydrogens (tertiary/aromatic N) is 1. The predicted octanol–water partition coefficient (Wildman–Crippen LogP) is 6.69. The average Bonchev–Trinajstić information content (AvgIpc) is 3.13. The van der Waals surface area contributed by atoms with Crippen LogP contribution in [0.25, 0.3) is 0 Å². The number of aliphatic hydroxyl groups is 1. The molecular formula is C41H50N2O5S. The number of hydrogen-bond acceptors (Lipinski definition) is 6. The Balaban J connectivity index is 1.43. The van der Waals surface area contributed by atoms with Crippen LogP contribution in [0.3, 0.4) is 0 Å². The first-order chi connectivity index (χ1) is 23.9. The van der Waals surface area contributed by atoms with Crippen LogP contribution in [-0.4, -0.2) is 58.8 Å². The number of carbonyl (C=O) groups excluding carboxylic acids is 3. The van der Waals surface area contributed by atoms with E-state index in [1.54, 1.807) is 22.7 Å². The minimum Gasteiger partial charge on any atom is -0.463 e. The van der Waals surface area contributed by atoms with Crippen LogP contribution in [-0.2, 0) is 44.3 Å². The van der Waals surface area contributed by atoms with Crippen molar-refractivity contribution in [2.75, 3.05) is 19.0 Å². The smallest absolute Gasteiger partial charge is 0.309 e. The maximum atomic E-state index is 13.8. The highest BCUT2D eigenvalue weighted by Gasteiger charge is 2.32. The molecule has 2 N–H and O–H groups in total. The summed E-state index contributed by atoms with van der Waals surface area (Å²) in [6.45, 7) is 7.94. The first-order valence-corrected chi connectivity index (χ1v) is 18.4. The van der Waals surface area contributed by atoms with Gasteiger partial charge in [-0.2, -0.15) is 11.8 Å². The molecule has 0 spiro atoms. The molecule has 1 heterocycles. The van der Waals surface area contributed by atoms with Gasteiger partial charge in [-0.3, -0.25) is 14.4 Å². The lowest BCUT2D eigenvalue weighted by atomic mass is 9.92. The van der Waals surface area contributed by atoms with Gasteiger partial charge in [-0.1, -0.05) is 97.1 Å². The largest absolute Gasteiger partial charge is 0.463 e. The van der Waals surface area contributed by atoms with Crippen molar-refractivity contribution in [3.8, 4) is 0 Å². The molecule has 49 heavy (non-hydrogen) atoms. The van der Waals surface area contributed by atoms with E-state index in [-0.39, 0.29) is 49.4 Å². The van der Waals surface area contributed by atoms with E-state index < -0.39 is 12.0 Å². The first-order valence-electron chi connectivity index (χ1n) is 17.2. The Kier molecular flexibility index (Phi) is 15.7. The quantitative estimate of drug-likeness (QED) is 0.0784. The molecule has 2 amide bonds. The predicted molar refractivity (Wildman–Crippen MR) is 198 cm³/mol. The van der Waals surface area contributed by atoms with E-state index in [9.17, 15) is 19.5 Å². The molecule has 0 saturated carbocycles. The summed E-state index contributed by atoms with van der Waals surface area (Å²) < 4.78 is 5.93. The van der Waals surface area contributed by atoms with Gasteiger partial charge in [0.1, 0.15) is 6.61 Å². The topological polar surface area (TPSA) is 95.9 Å². The van der Waals surface area contributed by atoms with Gasteiger partial charge in [0.25, 0.3) is 0 Å². The van der Waals surface area contributed by atoms with Crippen molar-refractivity contribution in [1.29, 1.82) is 0 Å². The Morgan fingerprint density at radius 3 is 2.27 bits per heavy atom. The van der Waals surface area contributed by atoms with Crippen molar-refractivity contribution in [3.05, 3.63) is 132 Å². The number of carbonyl (C=O) groups is 3. The SMILES string of the molecule is C=CCCCC(Cc1ccccc1)C(=O)OCC(CSCc1ccccc1)NC(=O)C(CC=C)CC(=O)N1Cc2ccccc2CC1CO. The number of benzene rings is 3. The van der Waals surface area contributed by atoms with E-state index in [4.69, 9.17) is 4.74 Å². The van der Waals surface area contributed by atoms with Crippen molar-refractivity contribution >= 4 is 29.5 Å². The standard InChI is InChI=1S/C41H50N2O5S/c1-3-5-8-21-35(23-31-16-9-6-10-17-31)41(47)48-28-37(30-49-29-32-18-11-7-12-19-32)42-40(46)34(15-4-2)25-39(45)43-26-36-22-14-13-20-33(36)24-38(43)27-44/h3-4,6-7,9-14,16-20,22,34-35,37-38,44H,1-2,5,8,15,21,23-30H2,(H,42,46). The Morgan fingerprint density at radius 2 is 1.59 bits per heavy atom. The van der Waals surface area contributed by atoms with Gasteiger partial charge in [-0.05, 0) is 60.8 Å². The molecular weight excluding hydrogens is 633 g/mol. The number of fused-ring (bicyclic) bond motifs is 1. The molecule has 0 aromatic heterocycles. The van der Waals surface area contributed by atoms with Crippen LogP contribution in [0.4, 0.5) is 0 Å². The third kappa shape index (κ3) is 12.1. The monoisotopic (exact) mass is 682 g/mol. The van der Waals surface area contributed by atoms with Crippen LogP contribution in [0.15, 0.2) is 110 Å². The van der Waals surface area contributed by atoms with Crippen LogP contribution in [0.1, 0.15) is 54.4 Å². The van der Waals surface area contributed by atoms with Crippen molar-refractivity contribution in [2.24, 2.45) is 11.8 Å². The summed E-state index contributed by atoms with van der Waals surface area (Å²) >= 11 is 1.65. The molecule has 0 fully saturated rings. The summed E-state index contributed by atoms with van der Waals surface area (Å²) in [7, 11) is 0. The molecule has 0 radical (unpaired) electrons. The van der Waals surface area contributed by atoms with Crippen LogP contribution >= 0.6 is 11.8 Å². The summed E-state index contributed by atoms with van der Waals surface area (Å²) in [5.41, 5.74) is 4.42. The number of aliphatic hydroxyl groups excluding tert-OH is 1. The van der Waals surface area contributed by atoms with Gasteiger partial charge in [0.15, 0.2) is 0 Å². The zero-order chi connectivity index (χ0) is 34.8. The number of ether oxygens (including phenoxy) is 1. The number of amides is 2. The van der Waals surface area contributed by atoms with E-state index in [0.29, 0.717) is 38.0 Å². The second-order valence-electron chi connectivity index (χ2n) is 12.7. The van der Waals surface area contributed by atoms with Crippen molar-refractivity contribution in [1.82, 2.24) is 10.2 Å². The lowest BCUT2D eigenvalue weighted by Gasteiger charge is -2.36. The number of allylic oxidation sites excluding steroid dienone is 2. The van der Waals surface area contributed by atoms with E-state index in [0.717, 1.165) is 40.8 Å². The Labute approximate surface area is 295 Å². The lowest BCUT2D eigenvalue weighted by Crippen LogP contribution is -2.48. The molecule has 4 rings (SSSR count). The van der Waals surface area contributed by atoms with Gasteiger partial charge >= 0.3 is 5.97 Å². The Bertz CT molecular complexity index is 1500. The average molecular weight is 683 g/mol. The van der Waals surface area contributed by atoms with Gasteiger partial charge in [0, 0.05) is 24.5 Å². The molecule has 1 aliphatic heterocycles. The van der Waals surface area contributed by atoms with E-state index in [1.165, 1.54) is 0 Å². The third-order valence-corrected chi connectivity index (χ3v) is 10.1. The second-order valence-corrected chi connectivity index (χ2v) is 13.7. The molecule has 7 nitrogen and oxygen atoms in total. The third-order valence-electron chi connectivity index (χ3n) is 8.95. The highest BCUT2D eigenvalue weighted by atomic mass is 32.2. The van der Waals surface area contributed by atoms with Crippen molar-refractivity contribution in [3.63, 3.8) is 0 Å². The van der Waals surface area contributed by atoms with Gasteiger partial charge < -0.3 is 20.1 Å². The van der Waals surface area contributed by atoms with Crippen LogP contribution in [0.2, 0.25) is 0 Å². The van der Waals surface area contributed by atoms with Gasteiger partial charge in [-0.25, -0.2) is 0 Å². The number of hydrogen-bond donors (Lipinski definition) is 2. The lowest BCUT2D eigenvalue weighted by molar-refractivity contribution is -0.150. The van der Waals surface area contributed by atoms with E-state index in [2.05, 4.69) is 30.6 Å². The Morgan fingerprint density at radius 1 is 0.918 bits per heavy atom. The summed E-state index contributed by atoms with van der Waals surface area (Å²) in [5, 5.41) is 13.2. The normalized spacial score (nSPS) is 15.7. The molecule has 0 aliphatic carbocycles. The fourth-order valence-corrected chi connectivity index (χ4v) is 7.22. The molecule has 4 atom stereocenters. The zero-order valence-electron chi connectivity index (χ0n) is 28.4.